The lowest BCUT2D eigenvalue weighted by molar-refractivity contribution is -0.304. The summed E-state index contributed by atoms with van der Waals surface area (Å²) in [7, 11) is 0. The van der Waals surface area contributed by atoms with Crippen LogP contribution in [-0.2, 0) is 0 Å². The Morgan fingerprint density at radius 1 is 0.929 bits per heavy atom. The molecule has 0 fully saturated rings. The van der Waals surface area contributed by atoms with Crippen LogP contribution in [0.5, 0.6) is 0 Å². The van der Waals surface area contributed by atoms with Crippen LogP contribution >= 0.6 is 0 Å². The molecule has 0 N–H and O–H groups in total. The second-order valence-corrected chi connectivity index (χ2v) is 3.27. The zero-order valence-electron chi connectivity index (χ0n) is 7.89. The molecule has 0 heterocycles. The lowest BCUT2D eigenvalue weighted by atomic mass is 10.0. The van der Waals surface area contributed by atoms with Crippen molar-refractivity contribution in [3.05, 3.63) is 0 Å². The summed E-state index contributed by atoms with van der Waals surface area (Å²) in [5.74, 6) is -14.6. The molecule has 0 radical (unpaired) electrons. The van der Waals surface area contributed by atoms with E-state index in [0.29, 0.717) is 0 Å². The van der Waals surface area contributed by atoms with Crippen LogP contribution in [0.4, 0.5) is 26.3 Å². The van der Waals surface area contributed by atoms with E-state index in [1.165, 1.54) is 6.92 Å². The lowest BCUT2D eigenvalue weighted by Gasteiger charge is -2.30. The Kier molecular flexibility index (Phi) is 3.86. The Bertz CT molecular complexity index is 181. The number of hydrogen-bond donors (Lipinski definition) is 0. The summed E-state index contributed by atoms with van der Waals surface area (Å²) in [4.78, 5) is 0. The molecule has 0 aliphatic carbocycles. The smallest absolute Gasteiger partial charge is 0.200 e. The van der Waals surface area contributed by atoms with E-state index < -0.39 is 24.2 Å². The van der Waals surface area contributed by atoms with E-state index in [1.807, 2.05) is 0 Å². The number of halogens is 6. The van der Waals surface area contributed by atoms with Crippen LogP contribution < -0.4 is 0 Å². The lowest BCUT2D eigenvalue weighted by Crippen LogP contribution is -2.52. The summed E-state index contributed by atoms with van der Waals surface area (Å²) in [5.41, 5.74) is 0. The zero-order chi connectivity index (χ0) is 11.6. The quantitative estimate of drug-likeness (QED) is 0.614. The van der Waals surface area contributed by atoms with Gasteiger partial charge in [-0.1, -0.05) is 13.3 Å². The van der Waals surface area contributed by atoms with Gasteiger partial charge >= 0.3 is 17.8 Å². The summed E-state index contributed by atoms with van der Waals surface area (Å²) in [6.07, 6.45) is -1.18. The predicted octanol–water partition coefficient (Wildman–Crippen LogP) is 4.10. The third kappa shape index (κ3) is 2.54. The highest BCUT2D eigenvalue weighted by Crippen LogP contribution is 2.47. The summed E-state index contributed by atoms with van der Waals surface area (Å²) in [6, 6.07) is 0. The zero-order valence-corrected chi connectivity index (χ0v) is 7.89. The maximum atomic E-state index is 12.7. The number of rotatable bonds is 5. The van der Waals surface area contributed by atoms with E-state index in [-0.39, 0.29) is 19.8 Å². The second kappa shape index (κ2) is 3.98. The molecule has 6 heteroatoms. The van der Waals surface area contributed by atoms with E-state index in [0.717, 1.165) is 0 Å². The van der Waals surface area contributed by atoms with E-state index >= 15 is 0 Å². The first-order valence-corrected chi connectivity index (χ1v) is 4.19. The second-order valence-electron chi connectivity index (χ2n) is 3.27. The van der Waals surface area contributed by atoms with E-state index in [1.54, 1.807) is 0 Å². The minimum atomic E-state index is -5.28. The van der Waals surface area contributed by atoms with Crippen molar-refractivity contribution in [1.29, 1.82) is 0 Å². The molecule has 0 saturated carbocycles. The molecule has 0 saturated heterocycles. The minimum Gasteiger partial charge on any atom is -0.200 e. The molecule has 0 aromatic carbocycles. The van der Waals surface area contributed by atoms with Gasteiger partial charge in [-0.15, -0.1) is 0 Å². The number of unbranched alkanes of at least 4 members (excludes halogenated alkanes) is 1. The summed E-state index contributed by atoms with van der Waals surface area (Å²) in [5, 5.41) is 0. The number of hydrogen-bond acceptors (Lipinski definition) is 0. The van der Waals surface area contributed by atoms with Crippen molar-refractivity contribution in [2.24, 2.45) is 0 Å². The molecular weight excluding hydrogens is 210 g/mol. The molecule has 0 aromatic rings. The molecule has 0 aliphatic rings. The Labute approximate surface area is 78.3 Å². The van der Waals surface area contributed by atoms with Gasteiger partial charge in [0.15, 0.2) is 0 Å². The third-order valence-corrected chi connectivity index (χ3v) is 1.86. The van der Waals surface area contributed by atoms with Crippen molar-refractivity contribution in [2.75, 3.05) is 0 Å². The largest absolute Gasteiger partial charge is 0.371 e. The maximum absolute atomic E-state index is 12.7. The monoisotopic (exact) mass is 222 g/mol. The highest BCUT2D eigenvalue weighted by Gasteiger charge is 2.68. The van der Waals surface area contributed by atoms with Crippen LogP contribution in [-0.4, -0.2) is 17.8 Å². The van der Waals surface area contributed by atoms with Crippen molar-refractivity contribution < 1.29 is 26.3 Å². The van der Waals surface area contributed by atoms with Gasteiger partial charge in [-0.3, -0.25) is 0 Å². The van der Waals surface area contributed by atoms with Crippen molar-refractivity contribution in [3.63, 3.8) is 0 Å². The van der Waals surface area contributed by atoms with Gasteiger partial charge in [0.05, 0.1) is 0 Å². The molecule has 0 atom stereocenters. The predicted molar refractivity (Wildman–Crippen MR) is 40.0 cm³/mol. The van der Waals surface area contributed by atoms with E-state index in [9.17, 15) is 26.3 Å². The van der Waals surface area contributed by atoms with Gasteiger partial charge < -0.3 is 0 Å². The topological polar surface area (TPSA) is 0 Å². The van der Waals surface area contributed by atoms with Gasteiger partial charge in [-0.05, 0) is 6.42 Å². The fourth-order valence-electron chi connectivity index (χ4n) is 0.877. The molecule has 0 spiro atoms. The summed E-state index contributed by atoms with van der Waals surface area (Å²) >= 11 is 0. The van der Waals surface area contributed by atoms with Crippen LogP contribution in [0.3, 0.4) is 0 Å². The summed E-state index contributed by atoms with van der Waals surface area (Å²) in [6.45, 7) is 1.31. The molecule has 14 heavy (non-hydrogen) atoms. The molecule has 0 bridgehead atoms. The van der Waals surface area contributed by atoms with Crippen LogP contribution in [0.25, 0.3) is 0 Å². The standard InChI is InChI=1S/C8H12F6/c1-3-4-5-7(11,12)8(13,14)6(2,9)10/h3-5H2,1-2H3. The highest BCUT2D eigenvalue weighted by molar-refractivity contribution is 4.93. The fraction of sp³-hybridized carbons (Fsp3) is 1.00. The normalized spacial score (nSPS) is 14.6. The van der Waals surface area contributed by atoms with Gasteiger partial charge in [0.1, 0.15) is 0 Å². The molecule has 0 amide bonds. The average Bonchev–Trinajstić information content (AvgIpc) is 1.98. The first-order chi connectivity index (χ1) is 6.06. The average molecular weight is 222 g/mol. The van der Waals surface area contributed by atoms with Crippen LogP contribution in [0.1, 0.15) is 33.1 Å². The fourth-order valence-corrected chi connectivity index (χ4v) is 0.877. The third-order valence-electron chi connectivity index (χ3n) is 1.86. The van der Waals surface area contributed by atoms with Crippen molar-refractivity contribution in [1.82, 2.24) is 0 Å². The van der Waals surface area contributed by atoms with Crippen LogP contribution in [0, 0.1) is 0 Å². The van der Waals surface area contributed by atoms with Gasteiger partial charge in [-0.2, -0.15) is 26.3 Å². The van der Waals surface area contributed by atoms with Gasteiger partial charge in [0, 0.05) is 13.3 Å². The minimum absolute atomic E-state index is 0.202. The van der Waals surface area contributed by atoms with Gasteiger partial charge in [0.2, 0.25) is 0 Å². The molecule has 0 rings (SSSR count). The first-order valence-electron chi connectivity index (χ1n) is 4.19. The Hall–Kier alpha value is -0.420. The molecule has 0 unspecified atom stereocenters. The SMILES string of the molecule is CCCCC(F)(F)C(F)(F)C(C)(F)F. The maximum Gasteiger partial charge on any atom is 0.371 e. The van der Waals surface area contributed by atoms with Crippen LogP contribution in [0.2, 0.25) is 0 Å². The van der Waals surface area contributed by atoms with Gasteiger partial charge in [0.25, 0.3) is 0 Å². The molecule has 0 aliphatic heterocycles. The van der Waals surface area contributed by atoms with E-state index in [2.05, 4.69) is 0 Å². The Morgan fingerprint density at radius 3 is 1.64 bits per heavy atom. The van der Waals surface area contributed by atoms with E-state index in [4.69, 9.17) is 0 Å². The first kappa shape index (κ1) is 13.6. The van der Waals surface area contributed by atoms with Gasteiger partial charge in [-0.25, -0.2) is 0 Å². The molecule has 0 nitrogen and oxygen atoms in total. The molecule has 86 valence electrons. The Balaban J connectivity index is 4.69. The van der Waals surface area contributed by atoms with Crippen molar-refractivity contribution in [2.45, 2.75) is 50.9 Å². The van der Waals surface area contributed by atoms with Crippen molar-refractivity contribution in [3.8, 4) is 0 Å². The highest BCUT2D eigenvalue weighted by atomic mass is 19.3. The van der Waals surface area contributed by atoms with Crippen molar-refractivity contribution >= 4 is 0 Å². The Morgan fingerprint density at radius 2 is 1.36 bits per heavy atom. The molecular formula is C8H12F6. The molecule has 0 aromatic heterocycles. The van der Waals surface area contributed by atoms with Crippen LogP contribution in [0.15, 0.2) is 0 Å². The number of alkyl halides is 6. The summed E-state index contributed by atoms with van der Waals surface area (Å²) < 4.78 is 74.8.